The molecule has 0 saturated carbocycles. The number of anilines is 1. The Labute approximate surface area is 156 Å². The molecule has 1 aliphatic rings. The smallest absolute Gasteiger partial charge is 0.258 e. The molecule has 0 aromatic heterocycles. The average Bonchev–Trinajstić information content (AvgIpc) is 2.52. The van der Waals surface area contributed by atoms with Crippen molar-refractivity contribution in [2.24, 2.45) is 0 Å². The third-order valence-electron chi connectivity index (χ3n) is 4.29. The molecule has 0 unspecified atom stereocenters. The highest BCUT2D eigenvalue weighted by molar-refractivity contribution is 9.10. The summed E-state index contributed by atoms with van der Waals surface area (Å²) in [6, 6.07) is 11.0. The molecule has 1 aliphatic heterocycles. The molecular weight excluding hydrogens is 402 g/mol. The fraction of sp³-hybridized carbons (Fsp3) is 0.316. The summed E-state index contributed by atoms with van der Waals surface area (Å²) >= 11 is 3.52. The van der Waals surface area contributed by atoms with E-state index in [1.807, 2.05) is 17.9 Å². The van der Waals surface area contributed by atoms with Crippen molar-refractivity contribution in [1.82, 2.24) is 0 Å². The average molecular weight is 422 g/mol. The van der Waals surface area contributed by atoms with Crippen LogP contribution in [0.1, 0.15) is 33.5 Å². The first-order chi connectivity index (χ1) is 11.7. The van der Waals surface area contributed by atoms with Crippen LogP contribution in [0.4, 0.5) is 5.69 Å². The molecule has 132 valence electrons. The fourth-order valence-electron chi connectivity index (χ4n) is 3.38. The van der Waals surface area contributed by atoms with Crippen molar-refractivity contribution < 1.29 is 13.2 Å². The van der Waals surface area contributed by atoms with Crippen molar-refractivity contribution in [3.05, 3.63) is 63.1 Å². The standard InChI is InChI=1S/C19H20BrNO3S/c1-13-9-17(20)11-15-7-4-8-21(18(13)15)19(22)16-6-3-5-14(10-16)12-25(2,23)24/h3,5-6,9-11H,4,7-8,12H2,1-2H3. The summed E-state index contributed by atoms with van der Waals surface area (Å²) in [5, 5.41) is 0. The Morgan fingerprint density at radius 3 is 2.72 bits per heavy atom. The number of hydrogen-bond acceptors (Lipinski definition) is 3. The zero-order valence-corrected chi connectivity index (χ0v) is 16.7. The lowest BCUT2D eigenvalue weighted by molar-refractivity contribution is 0.0985. The number of rotatable bonds is 3. The highest BCUT2D eigenvalue weighted by Crippen LogP contribution is 2.34. The van der Waals surface area contributed by atoms with E-state index in [9.17, 15) is 13.2 Å². The van der Waals surface area contributed by atoms with E-state index in [0.29, 0.717) is 17.7 Å². The van der Waals surface area contributed by atoms with Crippen molar-refractivity contribution in [3.63, 3.8) is 0 Å². The highest BCUT2D eigenvalue weighted by atomic mass is 79.9. The number of sulfone groups is 1. The second-order valence-corrected chi connectivity index (χ2v) is 9.62. The molecule has 2 aromatic rings. The van der Waals surface area contributed by atoms with Gasteiger partial charge in [-0.05, 0) is 60.7 Å². The van der Waals surface area contributed by atoms with E-state index in [4.69, 9.17) is 0 Å². The van der Waals surface area contributed by atoms with Gasteiger partial charge in [0.15, 0.2) is 9.84 Å². The fourth-order valence-corrected chi connectivity index (χ4v) is 4.78. The van der Waals surface area contributed by atoms with Crippen LogP contribution in [0, 0.1) is 6.92 Å². The second kappa shape index (κ2) is 6.92. The Morgan fingerprint density at radius 2 is 2.00 bits per heavy atom. The third-order valence-corrected chi connectivity index (χ3v) is 5.61. The summed E-state index contributed by atoms with van der Waals surface area (Å²) in [6.07, 6.45) is 3.06. The molecule has 1 amide bonds. The Morgan fingerprint density at radius 1 is 1.24 bits per heavy atom. The lowest BCUT2D eigenvalue weighted by atomic mass is 9.97. The zero-order chi connectivity index (χ0) is 18.2. The van der Waals surface area contributed by atoms with Gasteiger partial charge in [0.1, 0.15) is 0 Å². The maximum absolute atomic E-state index is 13.1. The summed E-state index contributed by atoms with van der Waals surface area (Å²) in [5.41, 5.74) is 4.37. The second-order valence-electron chi connectivity index (χ2n) is 6.56. The number of aryl methyl sites for hydroxylation is 2. The van der Waals surface area contributed by atoms with Crippen LogP contribution in [0.3, 0.4) is 0 Å². The molecule has 2 aromatic carbocycles. The van der Waals surface area contributed by atoms with Gasteiger partial charge in [0, 0.05) is 22.8 Å². The number of benzene rings is 2. The lowest BCUT2D eigenvalue weighted by Gasteiger charge is -2.31. The summed E-state index contributed by atoms with van der Waals surface area (Å²) in [4.78, 5) is 14.9. The van der Waals surface area contributed by atoms with E-state index in [2.05, 4.69) is 22.0 Å². The largest absolute Gasteiger partial charge is 0.308 e. The van der Waals surface area contributed by atoms with Gasteiger partial charge in [0.25, 0.3) is 5.91 Å². The maximum atomic E-state index is 13.1. The molecule has 0 atom stereocenters. The normalized spacial score (nSPS) is 14.3. The minimum Gasteiger partial charge on any atom is -0.308 e. The van der Waals surface area contributed by atoms with E-state index in [1.54, 1.807) is 24.3 Å². The molecule has 25 heavy (non-hydrogen) atoms. The summed E-state index contributed by atoms with van der Waals surface area (Å²) < 4.78 is 24.1. The summed E-state index contributed by atoms with van der Waals surface area (Å²) in [7, 11) is -3.13. The molecule has 0 saturated heterocycles. The third kappa shape index (κ3) is 4.12. The van der Waals surface area contributed by atoms with Crippen LogP contribution >= 0.6 is 15.9 Å². The van der Waals surface area contributed by atoms with Crippen LogP contribution in [0.2, 0.25) is 0 Å². The molecule has 4 nitrogen and oxygen atoms in total. The topological polar surface area (TPSA) is 54.5 Å². The molecule has 0 spiro atoms. The Kier molecular flexibility index (Phi) is 5.02. The SMILES string of the molecule is Cc1cc(Br)cc2c1N(C(=O)c1cccc(CS(C)(=O)=O)c1)CCC2. The Bertz CT molecular complexity index is 938. The first-order valence-corrected chi connectivity index (χ1v) is 11.0. The summed E-state index contributed by atoms with van der Waals surface area (Å²) in [6.45, 7) is 2.68. The molecule has 0 fully saturated rings. The highest BCUT2D eigenvalue weighted by Gasteiger charge is 2.25. The molecule has 3 rings (SSSR count). The van der Waals surface area contributed by atoms with Crippen LogP contribution in [-0.2, 0) is 22.0 Å². The van der Waals surface area contributed by atoms with Crippen molar-refractivity contribution in [2.75, 3.05) is 17.7 Å². The van der Waals surface area contributed by atoms with Gasteiger partial charge in [0.05, 0.1) is 11.4 Å². The van der Waals surface area contributed by atoms with Gasteiger partial charge >= 0.3 is 0 Å². The molecular formula is C19H20BrNO3S. The number of halogens is 1. The number of hydrogen-bond donors (Lipinski definition) is 0. The Balaban J connectivity index is 1.97. The number of fused-ring (bicyclic) bond motifs is 1. The first kappa shape index (κ1) is 18.1. The predicted octanol–water partition coefficient (Wildman–Crippen LogP) is 3.90. The van der Waals surface area contributed by atoms with Gasteiger partial charge in [-0.25, -0.2) is 8.42 Å². The van der Waals surface area contributed by atoms with Crippen molar-refractivity contribution in [2.45, 2.75) is 25.5 Å². The van der Waals surface area contributed by atoms with E-state index in [1.165, 1.54) is 11.8 Å². The van der Waals surface area contributed by atoms with E-state index >= 15 is 0 Å². The molecule has 0 radical (unpaired) electrons. The van der Waals surface area contributed by atoms with Crippen LogP contribution in [-0.4, -0.2) is 27.1 Å². The molecule has 1 heterocycles. The maximum Gasteiger partial charge on any atom is 0.258 e. The molecule has 0 N–H and O–H groups in total. The van der Waals surface area contributed by atoms with Gasteiger partial charge < -0.3 is 4.90 Å². The zero-order valence-electron chi connectivity index (χ0n) is 14.3. The number of amides is 1. The van der Waals surface area contributed by atoms with Gasteiger partial charge in [-0.3, -0.25) is 4.79 Å². The van der Waals surface area contributed by atoms with Gasteiger partial charge in [0.2, 0.25) is 0 Å². The van der Waals surface area contributed by atoms with Crippen molar-refractivity contribution in [1.29, 1.82) is 0 Å². The van der Waals surface area contributed by atoms with E-state index < -0.39 is 9.84 Å². The molecule has 0 aliphatic carbocycles. The predicted molar refractivity (Wildman–Crippen MR) is 104 cm³/mol. The minimum atomic E-state index is -3.13. The van der Waals surface area contributed by atoms with Gasteiger partial charge in [-0.15, -0.1) is 0 Å². The molecule has 6 heteroatoms. The first-order valence-electron chi connectivity index (χ1n) is 8.12. The van der Waals surface area contributed by atoms with Crippen molar-refractivity contribution >= 4 is 37.4 Å². The number of carbonyl (C=O) groups excluding carboxylic acids is 1. The van der Waals surface area contributed by atoms with Crippen molar-refractivity contribution in [3.8, 4) is 0 Å². The van der Waals surface area contributed by atoms with Crippen LogP contribution in [0.5, 0.6) is 0 Å². The van der Waals surface area contributed by atoms with Crippen LogP contribution in [0.15, 0.2) is 40.9 Å². The van der Waals surface area contributed by atoms with Crippen LogP contribution < -0.4 is 4.90 Å². The summed E-state index contributed by atoms with van der Waals surface area (Å²) in [5.74, 6) is -0.141. The molecule has 0 bridgehead atoms. The quantitative estimate of drug-likeness (QED) is 0.754. The monoisotopic (exact) mass is 421 g/mol. The number of nitrogens with zero attached hydrogens (tertiary/aromatic N) is 1. The van der Waals surface area contributed by atoms with Crippen LogP contribution in [0.25, 0.3) is 0 Å². The van der Waals surface area contributed by atoms with Gasteiger partial charge in [-0.1, -0.05) is 28.1 Å². The van der Waals surface area contributed by atoms with E-state index in [0.717, 1.165) is 28.6 Å². The minimum absolute atomic E-state index is 0.0588. The van der Waals surface area contributed by atoms with Gasteiger partial charge in [-0.2, -0.15) is 0 Å². The van der Waals surface area contributed by atoms with E-state index in [-0.39, 0.29) is 11.7 Å². The Hall–Kier alpha value is -1.66. The number of carbonyl (C=O) groups is 1. The lowest BCUT2D eigenvalue weighted by Crippen LogP contribution is -2.36.